The van der Waals surface area contributed by atoms with Crippen LogP contribution in [-0.4, -0.2) is 37.0 Å². The van der Waals surface area contributed by atoms with Crippen LogP contribution in [-0.2, 0) is 10.0 Å². The Kier molecular flexibility index (Phi) is 6.21. The Bertz CT molecular complexity index is 786. The molecule has 0 saturated heterocycles. The lowest BCUT2D eigenvalue weighted by atomic mass is 9.86. The smallest absolute Gasteiger partial charge is 0.211 e. The molecular formula is C19H26N4O2S. The van der Waals surface area contributed by atoms with Gasteiger partial charge in [-0.25, -0.2) is 13.1 Å². The van der Waals surface area contributed by atoms with Crippen LogP contribution >= 0.6 is 0 Å². The first-order valence-electron chi connectivity index (χ1n) is 9.19. The summed E-state index contributed by atoms with van der Waals surface area (Å²) in [7, 11) is -3.10. The second-order valence-corrected chi connectivity index (χ2v) is 8.83. The van der Waals surface area contributed by atoms with Crippen molar-refractivity contribution in [2.75, 3.05) is 17.6 Å². The maximum Gasteiger partial charge on any atom is 0.211 e. The molecule has 140 valence electrons. The molecule has 2 N–H and O–H groups in total. The van der Waals surface area contributed by atoms with Crippen molar-refractivity contribution in [3.63, 3.8) is 0 Å². The summed E-state index contributed by atoms with van der Waals surface area (Å²) in [5.41, 5.74) is 1.92. The zero-order valence-electron chi connectivity index (χ0n) is 15.1. The van der Waals surface area contributed by atoms with Gasteiger partial charge in [0, 0.05) is 18.2 Å². The Morgan fingerprint density at radius 2 is 1.73 bits per heavy atom. The van der Waals surface area contributed by atoms with E-state index >= 15 is 0 Å². The summed E-state index contributed by atoms with van der Waals surface area (Å²) >= 11 is 0. The van der Waals surface area contributed by atoms with E-state index in [2.05, 4.69) is 20.2 Å². The zero-order valence-corrected chi connectivity index (χ0v) is 15.9. The van der Waals surface area contributed by atoms with Crippen LogP contribution in [0.4, 0.5) is 5.82 Å². The Labute approximate surface area is 155 Å². The molecule has 1 aromatic heterocycles. The molecule has 0 unspecified atom stereocenters. The average molecular weight is 375 g/mol. The van der Waals surface area contributed by atoms with Crippen molar-refractivity contribution in [1.82, 2.24) is 14.9 Å². The minimum absolute atomic E-state index is 0.0844. The number of benzene rings is 1. The highest BCUT2D eigenvalue weighted by Gasteiger charge is 2.24. The van der Waals surface area contributed by atoms with E-state index in [1.54, 1.807) is 6.92 Å². The number of anilines is 1. The normalized spacial score (nSPS) is 20.7. The Morgan fingerprint density at radius 1 is 1.00 bits per heavy atom. The van der Waals surface area contributed by atoms with Gasteiger partial charge in [0.2, 0.25) is 10.0 Å². The van der Waals surface area contributed by atoms with Crippen molar-refractivity contribution in [3.05, 3.63) is 42.5 Å². The minimum Gasteiger partial charge on any atom is -0.368 e. The van der Waals surface area contributed by atoms with Crippen molar-refractivity contribution in [2.45, 2.75) is 38.6 Å². The van der Waals surface area contributed by atoms with Crippen LogP contribution in [0.1, 0.15) is 32.6 Å². The van der Waals surface area contributed by atoms with Gasteiger partial charge in [0.15, 0.2) is 0 Å². The van der Waals surface area contributed by atoms with Crippen LogP contribution in [0.5, 0.6) is 0 Å². The average Bonchev–Trinajstić information content (AvgIpc) is 2.68. The number of hydrogen-bond acceptors (Lipinski definition) is 5. The Morgan fingerprint density at radius 3 is 2.35 bits per heavy atom. The van der Waals surface area contributed by atoms with E-state index < -0.39 is 10.0 Å². The molecule has 26 heavy (non-hydrogen) atoms. The maximum absolute atomic E-state index is 11.7. The topological polar surface area (TPSA) is 84.0 Å². The van der Waals surface area contributed by atoms with Gasteiger partial charge in [0.25, 0.3) is 0 Å². The molecule has 0 aliphatic heterocycles. The van der Waals surface area contributed by atoms with Gasteiger partial charge >= 0.3 is 0 Å². The summed E-state index contributed by atoms with van der Waals surface area (Å²) in [5, 5.41) is 11.9. The van der Waals surface area contributed by atoms with Crippen molar-refractivity contribution in [1.29, 1.82) is 0 Å². The third-order valence-corrected chi connectivity index (χ3v) is 6.33. The molecule has 7 heteroatoms. The highest BCUT2D eigenvalue weighted by molar-refractivity contribution is 7.89. The highest BCUT2D eigenvalue weighted by atomic mass is 32.2. The number of aromatic nitrogens is 2. The molecule has 1 aromatic carbocycles. The summed E-state index contributed by atoms with van der Waals surface area (Å²) in [5.74, 6) is 1.46. The van der Waals surface area contributed by atoms with Crippen LogP contribution in [0.15, 0.2) is 42.5 Å². The number of hydrogen-bond donors (Lipinski definition) is 2. The van der Waals surface area contributed by atoms with Gasteiger partial charge in [-0.2, -0.15) is 0 Å². The fourth-order valence-electron chi connectivity index (χ4n) is 3.26. The Balaban J connectivity index is 1.45. The summed E-state index contributed by atoms with van der Waals surface area (Å²) < 4.78 is 26.1. The number of sulfonamides is 1. The molecule has 0 spiro atoms. The number of rotatable bonds is 7. The molecule has 6 nitrogen and oxygen atoms in total. The number of nitrogens with one attached hydrogen (secondary N) is 2. The van der Waals surface area contributed by atoms with Gasteiger partial charge in [-0.1, -0.05) is 30.3 Å². The standard InChI is InChI=1S/C19H26N4O2S/c1-2-26(24,25)23-17-10-8-15(9-11-17)14-20-19-13-12-18(21-22-19)16-6-4-3-5-7-16/h3-7,12-13,15,17,23H,2,8-11,14H2,1H3,(H,20,22)/t15-,17-. The monoisotopic (exact) mass is 374 g/mol. The summed E-state index contributed by atoms with van der Waals surface area (Å²) in [4.78, 5) is 0. The molecule has 1 heterocycles. The molecular weight excluding hydrogens is 348 g/mol. The fraction of sp³-hybridized carbons (Fsp3) is 0.474. The molecule has 1 aliphatic rings. The third-order valence-electron chi connectivity index (χ3n) is 4.88. The maximum atomic E-state index is 11.7. The molecule has 1 saturated carbocycles. The van der Waals surface area contributed by atoms with Crippen molar-refractivity contribution >= 4 is 15.8 Å². The first-order valence-corrected chi connectivity index (χ1v) is 10.8. The summed E-state index contributed by atoms with van der Waals surface area (Å²) in [6, 6.07) is 14.0. The molecule has 2 aromatic rings. The summed E-state index contributed by atoms with van der Waals surface area (Å²) in [6.45, 7) is 2.51. The van der Waals surface area contributed by atoms with E-state index in [-0.39, 0.29) is 11.8 Å². The van der Waals surface area contributed by atoms with Gasteiger partial charge in [0.1, 0.15) is 5.82 Å². The second kappa shape index (κ2) is 8.60. The molecule has 1 fully saturated rings. The lowest BCUT2D eigenvalue weighted by molar-refractivity contribution is 0.324. The van der Waals surface area contributed by atoms with Gasteiger partial charge in [-0.15, -0.1) is 10.2 Å². The van der Waals surface area contributed by atoms with E-state index in [0.717, 1.165) is 49.3 Å². The van der Waals surface area contributed by atoms with Crippen LogP contribution in [0, 0.1) is 5.92 Å². The van der Waals surface area contributed by atoms with Crippen LogP contribution < -0.4 is 10.0 Å². The molecule has 0 amide bonds. The van der Waals surface area contributed by atoms with E-state index in [0.29, 0.717) is 5.92 Å². The van der Waals surface area contributed by atoms with Gasteiger partial charge in [0.05, 0.1) is 11.4 Å². The molecule has 0 radical (unpaired) electrons. The van der Waals surface area contributed by atoms with Crippen LogP contribution in [0.25, 0.3) is 11.3 Å². The zero-order chi connectivity index (χ0) is 18.4. The van der Waals surface area contributed by atoms with Crippen LogP contribution in [0.3, 0.4) is 0 Å². The molecule has 3 rings (SSSR count). The molecule has 0 bridgehead atoms. The van der Waals surface area contributed by atoms with E-state index in [4.69, 9.17) is 0 Å². The van der Waals surface area contributed by atoms with Crippen molar-refractivity contribution in [2.24, 2.45) is 5.92 Å². The van der Waals surface area contributed by atoms with E-state index in [1.165, 1.54) is 0 Å². The van der Waals surface area contributed by atoms with E-state index in [9.17, 15) is 8.42 Å². The predicted octanol–water partition coefficient (Wildman–Crippen LogP) is 3.05. The van der Waals surface area contributed by atoms with Crippen molar-refractivity contribution in [3.8, 4) is 11.3 Å². The Hall–Kier alpha value is -1.99. The first-order chi connectivity index (χ1) is 12.6. The highest BCUT2D eigenvalue weighted by Crippen LogP contribution is 2.25. The summed E-state index contributed by atoms with van der Waals surface area (Å²) in [6.07, 6.45) is 3.81. The van der Waals surface area contributed by atoms with Crippen LogP contribution in [0.2, 0.25) is 0 Å². The number of nitrogens with zero attached hydrogens (tertiary/aromatic N) is 2. The minimum atomic E-state index is -3.10. The molecule has 0 atom stereocenters. The van der Waals surface area contributed by atoms with Crippen molar-refractivity contribution < 1.29 is 8.42 Å². The van der Waals surface area contributed by atoms with Gasteiger partial charge in [-0.3, -0.25) is 0 Å². The molecule has 1 aliphatic carbocycles. The quantitative estimate of drug-likeness (QED) is 0.778. The largest absolute Gasteiger partial charge is 0.368 e. The van der Waals surface area contributed by atoms with Gasteiger partial charge < -0.3 is 5.32 Å². The van der Waals surface area contributed by atoms with Gasteiger partial charge in [-0.05, 0) is 50.7 Å². The predicted molar refractivity (Wildman–Crippen MR) is 104 cm³/mol. The fourth-order valence-corrected chi connectivity index (χ4v) is 4.17. The lowest BCUT2D eigenvalue weighted by Crippen LogP contribution is -2.39. The van der Waals surface area contributed by atoms with E-state index in [1.807, 2.05) is 42.5 Å². The SMILES string of the molecule is CCS(=O)(=O)N[C@H]1CC[C@H](CNc2ccc(-c3ccccc3)nn2)CC1. The second-order valence-electron chi connectivity index (χ2n) is 6.79. The first kappa shape index (κ1) is 18.8. The lowest BCUT2D eigenvalue weighted by Gasteiger charge is -2.29. The third kappa shape index (κ3) is 5.25.